The molecular formula is C16H22N2O3S. The quantitative estimate of drug-likeness (QED) is 0.589. The largest absolute Gasteiger partial charge is 0.481 e. The zero-order valence-electron chi connectivity index (χ0n) is 12.6. The molecule has 5 nitrogen and oxygen atoms in total. The molecule has 0 aliphatic carbocycles. The summed E-state index contributed by atoms with van der Waals surface area (Å²) >= 11 is 1.63. The van der Waals surface area contributed by atoms with Gasteiger partial charge in [0.05, 0.1) is 6.42 Å². The maximum atomic E-state index is 12.6. The second-order valence-electron chi connectivity index (χ2n) is 5.42. The van der Waals surface area contributed by atoms with Crippen LogP contribution in [0.25, 0.3) is 0 Å². The van der Waals surface area contributed by atoms with Crippen LogP contribution < -0.4 is 0 Å². The number of nitrogens with zero attached hydrogens (tertiary/aromatic N) is 2. The van der Waals surface area contributed by atoms with Crippen LogP contribution in [0, 0.1) is 0 Å². The number of carbonyl (C=O) groups is 2. The van der Waals surface area contributed by atoms with Crippen LogP contribution in [0.3, 0.4) is 0 Å². The smallest absolute Gasteiger partial charge is 0.305 e. The Labute approximate surface area is 134 Å². The molecule has 1 saturated heterocycles. The summed E-state index contributed by atoms with van der Waals surface area (Å²) < 4.78 is 0. The van der Waals surface area contributed by atoms with Crippen molar-refractivity contribution in [2.75, 3.05) is 19.6 Å². The van der Waals surface area contributed by atoms with Crippen LogP contribution in [0.2, 0.25) is 0 Å². The normalized spacial score (nSPS) is 19.4. The highest BCUT2D eigenvalue weighted by atomic mass is 32.1. The molecule has 0 radical (unpaired) electrons. The number of amides is 1. The minimum Gasteiger partial charge on any atom is -0.481 e. The molecule has 1 amide bonds. The Balaban J connectivity index is 2.03. The van der Waals surface area contributed by atoms with Crippen LogP contribution in [0.5, 0.6) is 0 Å². The maximum Gasteiger partial charge on any atom is 0.305 e. The van der Waals surface area contributed by atoms with Gasteiger partial charge in [0.15, 0.2) is 0 Å². The number of thiophene rings is 1. The van der Waals surface area contributed by atoms with Gasteiger partial charge in [-0.1, -0.05) is 12.1 Å². The number of hydrogen-bond acceptors (Lipinski definition) is 4. The first kappa shape index (κ1) is 16.7. The van der Waals surface area contributed by atoms with Crippen molar-refractivity contribution in [3.63, 3.8) is 0 Å². The summed E-state index contributed by atoms with van der Waals surface area (Å²) in [5.74, 6) is -0.989. The summed E-state index contributed by atoms with van der Waals surface area (Å²) in [4.78, 5) is 28.7. The van der Waals surface area contributed by atoms with E-state index < -0.39 is 12.0 Å². The van der Waals surface area contributed by atoms with Crippen molar-refractivity contribution in [1.29, 1.82) is 0 Å². The molecule has 0 spiro atoms. The van der Waals surface area contributed by atoms with Crippen LogP contribution in [0.1, 0.15) is 24.1 Å². The van der Waals surface area contributed by atoms with E-state index in [-0.39, 0.29) is 12.3 Å². The highest BCUT2D eigenvalue weighted by molar-refractivity contribution is 7.09. The lowest BCUT2D eigenvalue weighted by atomic mass is 10.1. The molecule has 0 bridgehead atoms. The number of unbranched alkanes of at least 4 members (excludes halogenated alkanes) is 1. The third kappa shape index (κ3) is 4.42. The lowest BCUT2D eigenvalue weighted by Gasteiger charge is -2.40. The van der Waals surface area contributed by atoms with E-state index >= 15 is 0 Å². The van der Waals surface area contributed by atoms with Crippen molar-refractivity contribution in [2.24, 2.45) is 0 Å². The Morgan fingerprint density at radius 2 is 2.32 bits per heavy atom. The van der Waals surface area contributed by atoms with E-state index in [4.69, 9.17) is 5.11 Å². The van der Waals surface area contributed by atoms with E-state index in [1.807, 2.05) is 28.5 Å². The van der Waals surface area contributed by atoms with Gasteiger partial charge in [-0.3, -0.25) is 14.5 Å². The van der Waals surface area contributed by atoms with Crippen molar-refractivity contribution < 1.29 is 14.7 Å². The Morgan fingerprint density at radius 3 is 2.95 bits per heavy atom. The van der Waals surface area contributed by atoms with Crippen LogP contribution in [-0.2, 0) is 16.1 Å². The van der Waals surface area contributed by atoms with Crippen LogP contribution in [0.4, 0.5) is 0 Å². The Morgan fingerprint density at radius 1 is 1.50 bits per heavy atom. The predicted octanol–water partition coefficient (Wildman–Crippen LogP) is 2.20. The maximum absolute atomic E-state index is 12.6. The van der Waals surface area contributed by atoms with Crippen molar-refractivity contribution in [3.05, 3.63) is 35.0 Å². The van der Waals surface area contributed by atoms with Gasteiger partial charge in [-0.25, -0.2) is 0 Å². The fourth-order valence-electron chi connectivity index (χ4n) is 2.70. The third-order valence-corrected chi connectivity index (χ3v) is 4.70. The molecular weight excluding hydrogens is 300 g/mol. The second-order valence-corrected chi connectivity index (χ2v) is 6.45. The van der Waals surface area contributed by atoms with Gasteiger partial charge in [-0.05, 0) is 24.3 Å². The van der Waals surface area contributed by atoms with Gasteiger partial charge < -0.3 is 10.0 Å². The summed E-state index contributed by atoms with van der Waals surface area (Å²) in [5.41, 5.74) is 0. The van der Waals surface area contributed by atoms with Crippen molar-refractivity contribution in [2.45, 2.75) is 31.8 Å². The molecule has 6 heteroatoms. The van der Waals surface area contributed by atoms with Gasteiger partial charge in [-0.2, -0.15) is 0 Å². The van der Waals surface area contributed by atoms with Crippen molar-refractivity contribution in [3.8, 4) is 0 Å². The van der Waals surface area contributed by atoms with Crippen molar-refractivity contribution in [1.82, 2.24) is 9.80 Å². The molecule has 1 fully saturated rings. The SMILES string of the molecule is C=CCCCN1CCN(Cc2cccs2)C(CC(=O)O)C1=O. The molecule has 1 aliphatic heterocycles. The number of carbonyl (C=O) groups excluding carboxylic acids is 1. The lowest BCUT2D eigenvalue weighted by molar-refractivity contribution is -0.149. The molecule has 1 unspecified atom stereocenters. The Kier molecular flexibility index (Phi) is 6.15. The van der Waals surface area contributed by atoms with E-state index in [2.05, 4.69) is 6.58 Å². The molecule has 2 rings (SSSR count). The summed E-state index contributed by atoms with van der Waals surface area (Å²) in [6.45, 7) is 6.38. The molecule has 0 aromatic carbocycles. The number of allylic oxidation sites excluding steroid dienone is 1. The molecule has 1 atom stereocenters. The van der Waals surface area contributed by atoms with Crippen LogP contribution in [-0.4, -0.2) is 52.5 Å². The number of piperazine rings is 1. The van der Waals surface area contributed by atoms with Gasteiger partial charge in [0.1, 0.15) is 6.04 Å². The number of hydrogen-bond donors (Lipinski definition) is 1. The van der Waals surface area contributed by atoms with E-state index in [9.17, 15) is 9.59 Å². The number of carboxylic acid groups (broad SMARTS) is 1. The number of aliphatic carboxylic acids is 1. The van der Waals surface area contributed by atoms with Crippen LogP contribution in [0.15, 0.2) is 30.2 Å². The molecule has 1 aliphatic rings. The zero-order chi connectivity index (χ0) is 15.9. The van der Waals surface area contributed by atoms with Crippen molar-refractivity contribution >= 4 is 23.2 Å². The number of rotatable bonds is 8. The Hall–Kier alpha value is -1.66. The molecule has 0 saturated carbocycles. The molecule has 1 N–H and O–H groups in total. The summed E-state index contributed by atoms with van der Waals surface area (Å²) in [6.07, 6.45) is 3.45. The Bertz CT molecular complexity index is 515. The van der Waals surface area contributed by atoms with Gasteiger partial charge in [-0.15, -0.1) is 17.9 Å². The minimum absolute atomic E-state index is 0.0609. The highest BCUT2D eigenvalue weighted by Gasteiger charge is 2.35. The van der Waals surface area contributed by atoms with E-state index in [0.29, 0.717) is 19.6 Å². The molecule has 1 aromatic rings. The summed E-state index contributed by atoms with van der Waals surface area (Å²) in [7, 11) is 0. The monoisotopic (exact) mass is 322 g/mol. The van der Waals surface area contributed by atoms with Crippen LogP contribution >= 0.6 is 11.3 Å². The molecule has 120 valence electrons. The summed E-state index contributed by atoms with van der Waals surface area (Å²) in [5, 5.41) is 11.1. The molecule has 22 heavy (non-hydrogen) atoms. The predicted molar refractivity (Wildman–Crippen MR) is 86.8 cm³/mol. The first-order chi connectivity index (χ1) is 10.6. The fraction of sp³-hybridized carbons (Fsp3) is 0.500. The first-order valence-corrected chi connectivity index (χ1v) is 8.37. The minimum atomic E-state index is -0.928. The first-order valence-electron chi connectivity index (χ1n) is 7.49. The fourth-order valence-corrected chi connectivity index (χ4v) is 3.43. The van der Waals surface area contributed by atoms with Gasteiger partial charge in [0, 0.05) is 31.1 Å². The standard InChI is InChI=1S/C16H22N2O3S/c1-2-3-4-7-17-8-9-18(12-13-6-5-10-22-13)14(16(17)21)11-15(19)20/h2,5-6,10,14H,1,3-4,7-9,11-12H2,(H,19,20). The summed E-state index contributed by atoms with van der Waals surface area (Å²) in [6, 6.07) is 3.43. The van der Waals surface area contributed by atoms with Gasteiger partial charge in [0.25, 0.3) is 0 Å². The third-order valence-electron chi connectivity index (χ3n) is 3.84. The average molecular weight is 322 g/mol. The molecule has 1 aromatic heterocycles. The van der Waals surface area contributed by atoms with Gasteiger partial charge >= 0.3 is 5.97 Å². The zero-order valence-corrected chi connectivity index (χ0v) is 13.4. The van der Waals surface area contributed by atoms with E-state index in [1.54, 1.807) is 16.2 Å². The van der Waals surface area contributed by atoms with Gasteiger partial charge in [0.2, 0.25) is 5.91 Å². The highest BCUT2D eigenvalue weighted by Crippen LogP contribution is 2.20. The van der Waals surface area contributed by atoms with E-state index in [0.717, 1.165) is 24.3 Å². The number of carboxylic acids is 1. The lowest BCUT2D eigenvalue weighted by Crippen LogP contribution is -2.57. The topological polar surface area (TPSA) is 60.9 Å². The molecule has 2 heterocycles. The van der Waals surface area contributed by atoms with E-state index in [1.165, 1.54) is 0 Å². The average Bonchev–Trinajstić information content (AvgIpc) is 2.98. The second kappa shape index (κ2) is 8.10.